The van der Waals surface area contributed by atoms with Gasteiger partial charge in [-0.2, -0.15) is 0 Å². The lowest BCUT2D eigenvalue weighted by Crippen LogP contribution is -2.30. The summed E-state index contributed by atoms with van der Waals surface area (Å²) in [6, 6.07) is 0. The second-order valence-corrected chi connectivity index (χ2v) is 27.1. The van der Waals surface area contributed by atoms with Gasteiger partial charge in [-0.3, -0.25) is 37.3 Å². The van der Waals surface area contributed by atoms with Crippen LogP contribution in [0.4, 0.5) is 0 Å². The molecule has 86 heavy (non-hydrogen) atoms. The minimum absolute atomic E-state index is 0.103. The summed E-state index contributed by atoms with van der Waals surface area (Å²) < 4.78 is 68.0. The quantitative estimate of drug-likeness (QED) is 0.0222. The SMILES string of the molecule is CCCCCCCCCCCCCCCCCC(=O)OC[C@H](COP(=O)(O)OC[C@H](O)COP(=O)(O)OC[C@@H](COC(=O)CCCCCCCCCCCC)OC(=O)CCCCCCCCCCCCCCCCC)OC(=O)CCCCCCCC. The Kier molecular flexibility index (Phi) is 60.5. The van der Waals surface area contributed by atoms with Crippen molar-refractivity contribution in [2.75, 3.05) is 39.6 Å². The number of hydrogen-bond acceptors (Lipinski definition) is 15. The second-order valence-electron chi connectivity index (χ2n) is 24.2. The van der Waals surface area contributed by atoms with Crippen LogP contribution in [0, 0.1) is 0 Å². The number of hydrogen-bond donors (Lipinski definition) is 3. The highest BCUT2D eigenvalue weighted by Gasteiger charge is 2.30. The summed E-state index contributed by atoms with van der Waals surface area (Å²) >= 11 is 0. The fraction of sp³-hybridized carbons (Fsp3) is 0.940. The Bertz CT molecular complexity index is 1650. The van der Waals surface area contributed by atoms with E-state index in [-0.39, 0.29) is 25.7 Å². The van der Waals surface area contributed by atoms with Crippen LogP contribution in [-0.4, -0.2) is 96.7 Å². The monoisotopic (exact) mass is 1270 g/mol. The Labute approximate surface area is 524 Å². The number of carbonyl (C=O) groups excluding carboxylic acids is 4. The van der Waals surface area contributed by atoms with E-state index < -0.39 is 97.5 Å². The molecule has 5 atom stereocenters. The van der Waals surface area contributed by atoms with Crippen LogP contribution < -0.4 is 0 Å². The normalized spacial score (nSPS) is 14.1. The van der Waals surface area contributed by atoms with E-state index in [0.29, 0.717) is 25.7 Å². The summed E-state index contributed by atoms with van der Waals surface area (Å²) in [5, 5.41) is 10.5. The molecule has 0 bridgehead atoms. The molecule has 0 aromatic carbocycles. The molecule has 0 aromatic heterocycles. The number of rotatable bonds is 68. The fourth-order valence-corrected chi connectivity index (χ4v) is 11.7. The van der Waals surface area contributed by atoms with Gasteiger partial charge in [0.15, 0.2) is 12.2 Å². The minimum atomic E-state index is -4.94. The molecule has 17 nitrogen and oxygen atoms in total. The Balaban J connectivity index is 5.12. The van der Waals surface area contributed by atoms with E-state index in [1.54, 1.807) is 0 Å². The highest BCUT2D eigenvalue weighted by molar-refractivity contribution is 7.47. The molecule has 0 aliphatic carbocycles. The van der Waals surface area contributed by atoms with E-state index in [4.69, 9.17) is 37.0 Å². The van der Waals surface area contributed by atoms with Crippen LogP contribution >= 0.6 is 15.6 Å². The predicted molar refractivity (Wildman–Crippen MR) is 345 cm³/mol. The molecular formula is C67H130O17P2. The molecule has 510 valence electrons. The van der Waals surface area contributed by atoms with Gasteiger partial charge in [0, 0.05) is 25.7 Å². The molecule has 0 aliphatic rings. The third kappa shape index (κ3) is 60.9. The van der Waals surface area contributed by atoms with Gasteiger partial charge in [0.1, 0.15) is 19.3 Å². The highest BCUT2D eigenvalue weighted by atomic mass is 31.2. The summed E-state index contributed by atoms with van der Waals surface area (Å²) in [5.74, 6) is -2.13. The van der Waals surface area contributed by atoms with Gasteiger partial charge in [0.25, 0.3) is 0 Å². The number of esters is 4. The average molecular weight is 1270 g/mol. The van der Waals surface area contributed by atoms with Gasteiger partial charge in [0.2, 0.25) is 0 Å². The number of aliphatic hydroxyl groups excluding tert-OH is 1. The van der Waals surface area contributed by atoms with Crippen molar-refractivity contribution in [3.63, 3.8) is 0 Å². The topological polar surface area (TPSA) is 237 Å². The summed E-state index contributed by atoms with van der Waals surface area (Å²) in [6.45, 7) is 4.86. The van der Waals surface area contributed by atoms with Crippen molar-refractivity contribution in [3.05, 3.63) is 0 Å². The zero-order valence-electron chi connectivity index (χ0n) is 55.3. The van der Waals surface area contributed by atoms with Gasteiger partial charge in [0.05, 0.1) is 26.4 Å². The Hall–Kier alpha value is -1.94. The van der Waals surface area contributed by atoms with Crippen molar-refractivity contribution in [2.24, 2.45) is 0 Å². The van der Waals surface area contributed by atoms with Crippen molar-refractivity contribution >= 4 is 39.5 Å². The van der Waals surface area contributed by atoms with E-state index in [1.165, 1.54) is 173 Å². The van der Waals surface area contributed by atoms with Gasteiger partial charge in [-0.15, -0.1) is 0 Å². The minimum Gasteiger partial charge on any atom is -0.462 e. The molecule has 0 aliphatic heterocycles. The number of ether oxygens (including phenoxy) is 4. The molecule has 0 rings (SSSR count). The lowest BCUT2D eigenvalue weighted by atomic mass is 10.0. The van der Waals surface area contributed by atoms with Crippen molar-refractivity contribution in [1.82, 2.24) is 0 Å². The number of phosphoric ester groups is 2. The molecule has 2 unspecified atom stereocenters. The maximum atomic E-state index is 13.0. The molecule has 0 radical (unpaired) electrons. The molecule has 0 heterocycles. The molecule has 0 spiro atoms. The molecular weight excluding hydrogens is 1140 g/mol. The summed E-state index contributed by atoms with van der Waals surface area (Å²) in [6.07, 6.45) is 48.7. The van der Waals surface area contributed by atoms with Crippen LogP contribution in [-0.2, 0) is 65.4 Å². The van der Waals surface area contributed by atoms with Crippen LogP contribution in [0.25, 0.3) is 0 Å². The smallest absolute Gasteiger partial charge is 0.462 e. The number of aliphatic hydroxyl groups is 1. The van der Waals surface area contributed by atoms with Crippen molar-refractivity contribution in [2.45, 2.75) is 367 Å². The van der Waals surface area contributed by atoms with Crippen LogP contribution in [0.3, 0.4) is 0 Å². The Morgan fingerprint density at radius 3 is 0.686 bits per heavy atom. The maximum Gasteiger partial charge on any atom is 0.472 e. The van der Waals surface area contributed by atoms with E-state index >= 15 is 0 Å². The van der Waals surface area contributed by atoms with Crippen molar-refractivity contribution in [3.8, 4) is 0 Å². The third-order valence-corrected chi connectivity index (χ3v) is 17.5. The predicted octanol–water partition coefficient (Wildman–Crippen LogP) is 19.1. The molecule has 0 aromatic rings. The Morgan fingerprint density at radius 1 is 0.279 bits per heavy atom. The lowest BCUT2D eigenvalue weighted by molar-refractivity contribution is -0.161. The molecule has 0 saturated carbocycles. The van der Waals surface area contributed by atoms with Crippen LogP contribution in [0.5, 0.6) is 0 Å². The summed E-state index contributed by atoms with van der Waals surface area (Å²) in [5.41, 5.74) is 0. The van der Waals surface area contributed by atoms with Crippen LogP contribution in [0.15, 0.2) is 0 Å². The molecule has 19 heteroatoms. The van der Waals surface area contributed by atoms with E-state index in [9.17, 15) is 43.2 Å². The van der Waals surface area contributed by atoms with E-state index in [1.807, 2.05) is 0 Å². The first-order chi connectivity index (χ1) is 41.7. The zero-order chi connectivity index (χ0) is 63.3. The number of phosphoric acid groups is 2. The van der Waals surface area contributed by atoms with Gasteiger partial charge >= 0.3 is 39.5 Å². The molecule has 0 fully saturated rings. The van der Waals surface area contributed by atoms with Crippen molar-refractivity contribution < 1.29 is 80.2 Å². The molecule has 3 N–H and O–H groups in total. The zero-order valence-corrected chi connectivity index (χ0v) is 57.1. The van der Waals surface area contributed by atoms with Gasteiger partial charge < -0.3 is 33.8 Å². The van der Waals surface area contributed by atoms with E-state index in [2.05, 4.69) is 27.7 Å². The summed E-state index contributed by atoms with van der Waals surface area (Å²) in [7, 11) is -9.88. The first-order valence-corrected chi connectivity index (χ1v) is 38.3. The lowest BCUT2D eigenvalue weighted by Gasteiger charge is -2.21. The van der Waals surface area contributed by atoms with Crippen LogP contribution in [0.2, 0.25) is 0 Å². The fourth-order valence-electron chi connectivity index (χ4n) is 10.2. The number of unbranched alkanes of at least 4 members (excludes halogenated alkanes) is 42. The average Bonchev–Trinajstić information content (AvgIpc) is 3.71. The third-order valence-electron chi connectivity index (χ3n) is 15.6. The number of carbonyl (C=O) groups is 4. The standard InChI is InChI=1S/C67H130O17P2/c1-5-9-13-17-21-24-27-29-31-33-35-38-41-45-48-52-65(70)77-57-62(83-66(71)53-49-43-20-16-12-8-4)59-81-85(73,74)79-55-61(68)56-80-86(75,76)82-60-63(58-78-64(69)51-47-44-40-37-26-23-19-15-11-7-3)84-67(72)54-50-46-42-39-36-34-32-30-28-25-22-18-14-10-6-2/h61-63,68H,5-60H2,1-4H3,(H,73,74)(H,75,76)/t61-,62+,63+/m0/s1. The van der Waals surface area contributed by atoms with Crippen LogP contribution in [0.1, 0.15) is 349 Å². The first-order valence-electron chi connectivity index (χ1n) is 35.3. The maximum absolute atomic E-state index is 13.0. The van der Waals surface area contributed by atoms with E-state index in [0.717, 1.165) is 96.3 Å². The molecule has 0 saturated heterocycles. The van der Waals surface area contributed by atoms with Gasteiger partial charge in [-0.25, -0.2) is 9.13 Å². The Morgan fingerprint density at radius 2 is 0.465 bits per heavy atom. The summed E-state index contributed by atoms with van der Waals surface area (Å²) in [4.78, 5) is 72.2. The highest BCUT2D eigenvalue weighted by Crippen LogP contribution is 2.45. The first kappa shape index (κ1) is 84.1. The second kappa shape index (κ2) is 61.9. The van der Waals surface area contributed by atoms with Crippen molar-refractivity contribution in [1.29, 1.82) is 0 Å². The molecule has 0 amide bonds. The van der Waals surface area contributed by atoms with Gasteiger partial charge in [-0.1, -0.05) is 297 Å². The largest absolute Gasteiger partial charge is 0.472 e. The van der Waals surface area contributed by atoms with Gasteiger partial charge in [-0.05, 0) is 25.7 Å².